The van der Waals surface area contributed by atoms with Crippen molar-refractivity contribution >= 4 is 11.3 Å². The number of rotatable bonds is 5. The third-order valence-electron chi connectivity index (χ3n) is 4.94. The average Bonchev–Trinajstić information content (AvgIpc) is 2.96. The summed E-state index contributed by atoms with van der Waals surface area (Å²) >= 11 is 1.95. The molecule has 0 saturated carbocycles. The Morgan fingerprint density at radius 2 is 2.10 bits per heavy atom. The van der Waals surface area contributed by atoms with Gasteiger partial charge in [-0.3, -0.25) is 0 Å². The third-order valence-corrected chi connectivity index (χ3v) is 5.94. The van der Waals surface area contributed by atoms with Gasteiger partial charge >= 0.3 is 0 Å². The number of likely N-dealkylation sites (N-methyl/N-ethyl adjacent to an activating group) is 1. The number of thiophene rings is 1. The first-order valence-corrected chi connectivity index (χ1v) is 9.30. The molecule has 1 fully saturated rings. The molecule has 0 spiro atoms. The van der Waals surface area contributed by atoms with Crippen LogP contribution in [0.25, 0.3) is 0 Å². The smallest absolute Gasteiger partial charge is 0.0333 e. The molecule has 0 radical (unpaired) electrons. The number of fused-ring (bicyclic) bond motifs is 1. The number of likely N-dealkylation sites (tertiary alicyclic amines) is 1. The fraction of sp³-hybridized carbons (Fsp3) is 0.765. The maximum atomic E-state index is 3.96. The van der Waals surface area contributed by atoms with Gasteiger partial charge in [-0.2, -0.15) is 0 Å². The lowest BCUT2D eigenvalue weighted by molar-refractivity contribution is 0.175. The van der Waals surface area contributed by atoms with E-state index in [1.165, 1.54) is 58.3 Å². The standard InChI is InChI=1S/C17H29N3S/c1-19(2)11-12-20-9-6-14(7-10-20)18-16-4-3-5-17-15(16)8-13-21-17/h8,13-14,16,18H,3-7,9-12H2,1-2H3/t16-/m1/s1. The lowest BCUT2D eigenvalue weighted by Gasteiger charge is -2.36. The fourth-order valence-corrected chi connectivity index (χ4v) is 4.60. The number of hydrogen-bond acceptors (Lipinski definition) is 4. The van der Waals surface area contributed by atoms with Crippen molar-refractivity contribution in [2.24, 2.45) is 0 Å². The van der Waals surface area contributed by atoms with Crippen LogP contribution in [0.4, 0.5) is 0 Å². The normalized spacial score (nSPS) is 24.4. The first kappa shape index (κ1) is 15.5. The molecular weight excluding hydrogens is 278 g/mol. The van der Waals surface area contributed by atoms with Crippen LogP contribution in [0, 0.1) is 0 Å². The molecule has 0 amide bonds. The van der Waals surface area contributed by atoms with Crippen molar-refractivity contribution in [3.05, 3.63) is 21.9 Å². The van der Waals surface area contributed by atoms with E-state index in [2.05, 4.69) is 40.7 Å². The molecule has 3 rings (SSSR count). The second-order valence-corrected chi connectivity index (χ2v) is 7.83. The molecule has 1 aromatic rings. The van der Waals surface area contributed by atoms with E-state index in [4.69, 9.17) is 0 Å². The van der Waals surface area contributed by atoms with E-state index in [1.54, 1.807) is 10.4 Å². The maximum absolute atomic E-state index is 3.96. The summed E-state index contributed by atoms with van der Waals surface area (Å²) in [6, 6.07) is 3.69. The van der Waals surface area contributed by atoms with E-state index in [0.717, 1.165) is 6.04 Å². The van der Waals surface area contributed by atoms with Gasteiger partial charge in [0.05, 0.1) is 0 Å². The van der Waals surface area contributed by atoms with Gasteiger partial charge in [0.2, 0.25) is 0 Å². The topological polar surface area (TPSA) is 18.5 Å². The molecule has 3 nitrogen and oxygen atoms in total. The van der Waals surface area contributed by atoms with Crippen LogP contribution >= 0.6 is 11.3 Å². The molecule has 2 heterocycles. The van der Waals surface area contributed by atoms with Crippen LogP contribution in [-0.2, 0) is 6.42 Å². The van der Waals surface area contributed by atoms with Crippen molar-refractivity contribution in [2.45, 2.75) is 44.2 Å². The van der Waals surface area contributed by atoms with Crippen LogP contribution in [0.3, 0.4) is 0 Å². The molecule has 2 aliphatic rings. The minimum atomic E-state index is 0.623. The van der Waals surface area contributed by atoms with E-state index >= 15 is 0 Å². The molecule has 1 atom stereocenters. The van der Waals surface area contributed by atoms with E-state index in [1.807, 2.05) is 11.3 Å². The van der Waals surface area contributed by atoms with Gasteiger partial charge in [-0.05, 0) is 76.3 Å². The summed E-state index contributed by atoms with van der Waals surface area (Å²) in [6.45, 7) is 4.92. The first-order valence-electron chi connectivity index (χ1n) is 8.42. The molecule has 4 heteroatoms. The van der Waals surface area contributed by atoms with Crippen LogP contribution in [0.2, 0.25) is 0 Å². The molecule has 0 bridgehead atoms. The second-order valence-electron chi connectivity index (χ2n) is 6.83. The molecule has 0 unspecified atom stereocenters. The Kier molecular flexibility index (Phi) is 5.33. The highest BCUT2D eigenvalue weighted by Gasteiger charge is 2.25. The number of aryl methyl sites for hydroxylation is 1. The summed E-state index contributed by atoms with van der Waals surface area (Å²) < 4.78 is 0. The van der Waals surface area contributed by atoms with Crippen LogP contribution in [0.5, 0.6) is 0 Å². The summed E-state index contributed by atoms with van der Waals surface area (Å²) in [7, 11) is 4.33. The van der Waals surface area contributed by atoms with Crippen molar-refractivity contribution in [1.82, 2.24) is 15.1 Å². The maximum Gasteiger partial charge on any atom is 0.0333 e. The quantitative estimate of drug-likeness (QED) is 0.902. The predicted octanol–water partition coefficient (Wildman–Crippen LogP) is 2.74. The number of piperidine rings is 1. The zero-order valence-electron chi connectivity index (χ0n) is 13.5. The zero-order valence-corrected chi connectivity index (χ0v) is 14.3. The second kappa shape index (κ2) is 7.23. The summed E-state index contributed by atoms with van der Waals surface area (Å²) in [5.74, 6) is 0. The van der Waals surface area contributed by atoms with Gasteiger partial charge < -0.3 is 15.1 Å². The average molecular weight is 308 g/mol. The van der Waals surface area contributed by atoms with Gasteiger partial charge in [0.15, 0.2) is 0 Å². The first-order chi connectivity index (χ1) is 10.2. The minimum Gasteiger partial charge on any atom is -0.308 e. The van der Waals surface area contributed by atoms with Gasteiger partial charge in [0.1, 0.15) is 0 Å². The Labute approximate surface area is 133 Å². The molecule has 1 saturated heterocycles. The van der Waals surface area contributed by atoms with E-state index < -0.39 is 0 Å². The molecule has 1 aromatic heterocycles. The highest BCUT2D eigenvalue weighted by Crippen LogP contribution is 2.34. The van der Waals surface area contributed by atoms with Crippen molar-refractivity contribution in [3.8, 4) is 0 Å². The number of nitrogens with zero attached hydrogens (tertiary/aromatic N) is 2. The van der Waals surface area contributed by atoms with Crippen LogP contribution < -0.4 is 5.32 Å². The van der Waals surface area contributed by atoms with Gasteiger partial charge in [-0.25, -0.2) is 0 Å². The van der Waals surface area contributed by atoms with E-state index in [9.17, 15) is 0 Å². The highest BCUT2D eigenvalue weighted by atomic mass is 32.1. The lowest BCUT2D eigenvalue weighted by Crippen LogP contribution is -2.45. The third kappa shape index (κ3) is 4.07. The fourth-order valence-electron chi connectivity index (χ4n) is 3.61. The van der Waals surface area contributed by atoms with Crippen molar-refractivity contribution in [2.75, 3.05) is 40.3 Å². The molecule has 1 aliphatic heterocycles. The Bertz CT molecular complexity index is 435. The van der Waals surface area contributed by atoms with Crippen molar-refractivity contribution in [3.63, 3.8) is 0 Å². The Morgan fingerprint density at radius 1 is 1.29 bits per heavy atom. The van der Waals surface area contributed by atoms with Gasteiger partial charge in [-0.1, -0.05) is 0 Å². The van der Waals surface area contributed by atoms with Crippen LogP contribution in [-0.4, -0.2) is 56.1 Å². The Balaban J connectivity index is 1.46. The van der Waals surface area contributed by atoms with Crippen molar-refractivity contribution in [1.29, 1.82) is 0 Å². The van der Waals surface area contributed by atoms with Crippen LogP contribution in [0.15, 0.2) is 11.4 Å². The molecule has 1 N–H and O–H groups in total. The molecule has 0 aromatic carbocycles. The highest BCUT2D eigenvalue weighted by molar-refractivity contribution is 7.10. The van der Waals surface area contributed by atoms with Crippen LogP contribution in [0.1, 0.15) is 42.2 Å². The SMILES string of the molecule is CN(C)CCN1CCC(N[C@@H]2CCCc3sccc32)CC1. The number of nitrogens with one attached hydrogen (secondary N) is 1. The van der Waals surface area contributed by atoms with E-state index in [-0.39, 0.29) is 0 Å². The Morgan fingerprint density at radius 3 is 2.86 bits per heavy atom. The van der Waals surface area contributed by atoms with Crippen molar-refractivity contribution < 1.29 is 0 Å². The molecular formula is C17H29N3S. The van der Waals surface area contributed by atoms with Gasteiger partial charge in [-0.15, -0.1) is 11.3 Å². The molecule has 1 aliphatic carbocycles. The number of hydrogen-bond donors (Lipinski definition) is 1. The van der Waals surface area contributed by atoms with Gasteiger partial charge in [0.25, 0.3) is 0 Å². The van der Waals surface area contributed by atoms with Gasteiger partial charge in [0, 0.05) is 30.1 Å². The molecule has 118 valence electrons. The Hall–Kier alpha value is -0.420. The largest absolute Gasteiger partial charge is 0.308 e. The minimum absolute atomic E-state index is 0.623. The van der Waals surface area contributed by atoms with E-state index in [0.29, 0.717) is 6.04 Å². The summed E-state index contributed by atoms with van der Waals surface area (Å²) in [4.78, 5) is 6.53. The summed E-state index contributed by atoms with van der Waals surface area (Å²) in [5, 5.41) is 6.23. The lowest BCUT2D eigenvalue weighted by atomic mass is 9.92. The molecule has 21 heavy (non-hydrogen) atoms. The monoisotopic (exact) mass is 307 g/mol. The summed E-state index contributed by atoms with van der Waals surface area (Å²) in [5.41, 5.74) is 1.60. The summed E-state index contributed by atoms with van der Waals surface area (Å²) in [6.07, 6.45) is 6.60. The zero-order chi connectivity index (χ0) is 14.7. The predicted molar refractivity (Wildman–Crippen MR) is 91.1 cm³/mol.